The molecule has 8 aromatic rings. The van der Waals surface area contributed by atoms with Gasteiger partial charge in [0.05, 0.1) is 0 Å². The molecule has 0 bridgehead atoms. The van der Waals surface area contributed by atoms with Crippen molar-refractivity contribution in [2.24, 2.45) is 0 Å². The summed E-state index contributed by atoms with van der Waals surface area (Å²) in [7, 11) is 0. The van der Waals surface area contributed by atoms with Crippen LogP contribution in [0.1, 0.15) is 27.8 Å². The fourth-order valence-electron chi connectivity index (χ4n) is 7.16. The molecule has 0 N–H and O–H groups in total. The van der Waals surface area contributed by atoms with Gasteiger partial charge >= 0.3 is 256 Å². The molecule has 2 aromatic heterocycles. The van der Waals surface area contributed by atoms with Gasteiger partial charge in [0.2, 0.25) is 0 Å². The van der Waals surface area contributed by atoms with Crippen molar-refractivity contribution in [3.8, 4) is 16.8 Å². The molecule has 0 fully saturated rings. The van der Waals surface area contributed by atoms with Crippen LogP contribution in [0.4, 0.5) is 0 Å². The van der Waals surface area contributed by atoms with Gasteiger partial charge in [-0.1, -0.05) is 0 Å². The quantitative estimate of drug-likeness (QED) is 0.140. The van der Waals surface area contributed by atoms with Crippen LogP contribution in [0.2, 0.25) is 0 Å². The summed E-state index contributed by atoms with van der Waals surface area (Å²) >= 11 is 0.102. The average molecular weight is 617 g/mol. The van der Waals surface area contributed by atoms with Gasteiger partial charge in [-0.25, -0.2) is 0 Å². The Hall–Kier alpha value is -4.69. The van der Waals surface area contributed by atoms with Crippen LogP contribution < -0.4 is 5.43 Å². The summed E-state index contributed by atoms with van der Waals surface area (Å²) in [5.41, 5.74) is 12.8. The molecule has 0 amide bonds. The molecule has 2 nitrogen and oxygen atoms in total. The number of hydrogen-bond acceptors (Lipinski definition) is 1. The number of fused-ring (bicyclic) bond motifs is 7. The van der Waals surface area contributed by atoms with Gasteiger partial charge in [-0.2, -0.15) is 0 Å². The number of aromatic nitrogens is 1. The van der Waals surface area contributed by atoms with E-state index in [1.165, 1.54) is 63.8 Å². The Morgan fingerprint density at radius 2 is 1.23 bits per heavy atom. The molecule has 0 saturated heterocycles. The monoisotopic (exact) mass is 617 g/mol. The van der Waals surface area contributed by atoms with Crippen molar-refractivity contribution in [3.63, 3.8) is 0 Å². The molecule has 1 aliphatic carbocycles. The molecule has 0 saturated carbocycles. The number of para-hydroxylation sites is 2. The van der Waals surface area contributed by atoms with Gasteiger partial charge < -0.3 is 0 Å². The average Bonchev–Trinajstić information content (AvgIpc) is 3.38. The van der Waals surface area contributed by atoms with Gasteiger partial charge in [-0.05, 0) is 0 Å². The van der Waals surface area contributed by atoms with Crippen molar-refractivity contribution in [2.75, 3.05) is 0 Å². The summed E-state index contributed by atoms with van der Waals surface area (Å²) in [6, 6.07) is 43.5. The molecule has 3 heteroatoms. The molecule has 43 heavy (non-hydrogen) atoms. The van der Waals surface area contributed by atoms with E-state index in [2.05, 4.69) is 127 Å². The van der Waals surface area contributed by atoms with E-state index < -0.39 is 0 Å². The second-order valence-corrected chi connectivity index (χ2v) is 14.0. The zero-order valence-corrected chi connectivity index (χ0v) is 25.4. The first kappa shape index (κ1) is 24.9. The predicted molar refractivity (Wildman–Crippen MR) is 181 cm³/mol. The Morgan fingerprint density at radius 1 is 0.558 bits per heavy atom. The minimum atomic E-state index is 0.102. The number of benzene rings is 6. The first-order valence-electron chi connectivity index (χ1n) is 14.8. The third-order valence-electron chi connectivity index (χ3n) is 9.23. The topological polar surface area (TPSA) is 22.0 Å². The Kier molecular flexibility index (Phi) is 5.44. The SMILES string of the molecule is Cc1ccc2c(c1-n1c3ccccc3c3ccccc31)Cc1cc3c(=O)c4cc(-c5ccccc5)ccc4[se]c3cc1C2. The number of hydrogen-bond donors (Lipinski definition) is 0. The predicted octanol–water partition coefficient (Wildman–Crippen LogP) is 8.98. The summed E-state index contributed by atoms with van der Waals surface area (Å²) in [5, 5.41) is 4.32. The van der Waals surface area contributed by atoms with E-state index in [0.29, 0.717) is 0 Å². The van der Waals surface area contributed by atoms with Crippen LogP contribution in [0.15, 0.2) is 126 Å². The molecule has 0 atom stereocenters. The molecule has 0 spiro atoms. The number of rotatable bonds is 2. The van der Waals surface area contributed by atoms with Crippen molar-refractivity contribution in [2.45, 2.75) is 19.8 Å². The van der Waals surface area contributed by atoms with Crippen LogP contribution in [0.25, 0.3) is 57.9 Å². The minimum absolute atomic E-state index is 0.102. The molecule has 2 heterocycles. The molecule has 0 unspecified atom stereocenters. The standard InChI is InChI=1S/C40H27NOSe/c1-24-15-16-27-19-28-23-38-34(40(42)33-20-26(17-18-37(33)43-38)25-9-3-2-4-10-25)22-29(28)21-32(27)39(24)41-35-13-7-5-11-30(35)31-12-6-8-14-36(31)41/h2-18,20,22-23H,19,21H2,1H3. The van der Waals surface area contributed by atoms with E-state index in [-0.39, 0.29) is 19.9 Å². The summed E-state index contributed by atoms with van der Waals surface area (Å²) in [5.74, 6) is 0. The van der Waals surface area contributed by atoms with Gasteiger partial charge in [-0.3, -0.25) is 0 Å². The second-order valence-electron chi connectivity index (χ2n) is 11.7. The maximum absolute atomic E-state index is 14.0. The summed E-state index contributed by atoms with van der Waals surface area (Å²) in [6.45, 7) is 2.23. The van der Waals surface area contributed by atoms with Crippen LogP contribution in [0, 0.1) is 6.92 Å². The van der Waals surface area contributed by atoms with Crippen LogP contribution in [0.5, 0.6) is 0 Å². The summed E-state index contributed by atoms with van der Waals surface area (Å²) in [4.78, 5) is 14.0. The molecular weight excluding hydrogens is 589 g/mol. The van der Waals surface area contributed by atoms with Crippen LogP contribution in [0.3, 0.4) is 0 Å². The van der Waals surface area contributed by atoms with Gasteiger partial charge in [0.25, 0.3) is 0 Å². The van der Waals surface area contributed by atoms with Crippen LogP contribution in [-0.2, 0) is 12.8 Å². The molecule has 9 rings (SSSR count). The van der Waals surface area contributed by atoms with Crippen molar-refractivity contribution in [1.82, 2.24) is 4.57 Å². The van der Waals surface area contributed by atoms with E-state index >= 15 is 0 Å². The van der Waals surface area contributed by atoms with Gasteiger partial charge in [-0.15, -0.1) is 0 Å². The zero-order valence-electron chi connectivity index (χ0n) is 23.7. The Balaban J connectivity index is 1.24. The van der Waals surface area contributed by atoms with Gasteiger partial charge in [0.15, 0.2) is 0 Å². The number of nitrogens with zero attached hydrogens (tertiary/aromatic N) is 1. The second kappa shape index (κ2) is 9.41. The normalized spacial score (nSPS) is 12.7. The van der Waals surface area contributed by atoms with E-state index in [1.807, 2.05) is 6.07 Å². The van der Waals surface area contributed by atoms with Crippen molar-refractivity contribution < 1.29 is 0 Å². The third kappa shape index (κ3) is 3.75. The first-order valence-corrected chi connectivity index (χ1v) is 16.5. The van der Waals surface area contributed by atoms with Crippen LogP contribution in [-0.4, -0.2) is 19.1 Å². The fourth-order valence-corrected chi connectivity index (χ4v) is 9.46. The first-order chi connectivity index (χ1) is 21.1. The van der Waals surface area contributed by atoms with E-state index in [9.17, 15) is 4.79 Å². The van der Waals surface area contributed by atoms with E-state index in [4.69, 9.17) is 0 Å². The zero-order chi connectivity index (χ0) is 28.7. The molecule has 0 aliphatic heterocycles. The molecular formula is C40H27NOSe. The molecule has 1 aliphatic rings. The van der Waals surface area contributed by atoms with Crippen molar-refractivity contribution >= 4 is 55.6 Å². The fraction of sp³-hybridized carbons (Fsp3) is 0.0750. The Labute approximate surface area is 255 Å². The van der Waals surface area contributed by atoms with Crippen molar-refractivity contribution in [1.29, 1.82) is 0 Å². The van der Waals surface area contributed by atoms with Crippen LogP contribution >= 0.6 is 0 Å². The molecule has 6 aromatic carbocycles. The van der Waals surface area contributed by atoms with Gasteiger partial charge in [0.1, 0.15) is 0 Å². The molecule has 0 radical (unpaired) electrons. The number of aryl methyl sites for hydroxylation is 1. The van der Waals surface area contributed by atoms with E-state index in [1.54, 1.807) is 0 Å². The third-order valence-corrected chi connectivity index (χ3v) is 11.6. The maximum atomic E-state index is 14.0. The Bertz CT molecular complexity index is 2430. The van der Waals surface area contributed by atoms with E-state index in [0.717, 1.165) is 34.7 Å². The molecule has 204 valence electrons. The summed E-state index contributed by atoms with van der Waals surface area (Å²) in [6.07, 6.45) is 1.72. The van der Waals surface area contributed by atoms with Crippen molar-refractivity contribution in [3.05, 3.63) is 159 Å². The Morgan fingerprint density at radius 3 is 2.00 bits per heavy atom. The van der Waals surface area contributed by atoms with Gasteiger partial charge in [0, 0.05) is 0 Å². The summed E-state index contributed by atoms with van der Waals surface area (Å²) < 4.78 is 4.87.